The van der Waals surface area contributed by atoms with Crippen LogP contribution in [0.2, 0.25) is 0 Å². The van der Waals surface area contributed by atoms with E-state index in [2.05, 4.69) is 24.3 Å². The second kappa shape index (κ2) is 9.88. The molecule has 0 bridgehead atoms. The molecule has 2 heterocycles. The predicted octanol–water partition coefficient (Wildman–Crippen LogP) is 8.21. The summed E-state index contributed by atoms with van der Waals surface area (Å²) in [5.74, 6) is 0.125. The van der Waals surface area contributed by atoms with Crippen molar-refractivity contribution in [3.8, 4) is 0 Å². The van der Waals surface area contributed by atoms with E-state index in [1.807, 2.05) is 82.6 Å². The number of nitrogens with zero attached hydrogens (tertiary/aromatic N) is 2. The molecule has 2 aliphatic heterocycles. The Labute approximate surface area is 219 Å². The first-order valence-corrected chi connectivity index (χ1v) is 13.7. The largest absolute Gasteiger partial charge is 0.279 e. The van der Waals surface area contributed by atoms with Crippen molar-refractivity contribution in [2.75, 3.05) is 9.80 Å². The summed E-state index contributed by atoms with van der Waals surface area (Å²) >= 11 is 3.39. The maximum atomic E-state index is 13.4. The highest BCUT2D eigenvalue weighted by Gasteiger charge is 2.29. The SMILES string of the molecule is O=C(CCCCC(=O)N1c2ccccc2Sc2ccccc21)N1c2ccccc2Sc2ccccc21. The van der Waals surface area contributed by atoms with Gasteiger partial charge >= 0.3 is 0 Å². The van der Waals surface area contributed by atoms with Crippen LogP contribution in [0.5, 0.6) is 0 Å². The maximum Gasteiger partial charge on any atom is 0.231 e. The summed E-state index contributed by atoms with van der Waals surface area (Å²) in [5, 5.41) is 0. The molecular weight excluding hydrogens is 484 g/mol. The normalized spacial score (nSPS) is 13.3. The van der Waals surface area contributed by atoms with Crippen molar-refractivity contribution in [2.45, 2.75) is 45.3 Å². The molecule has 2 amide bonds. The average molecular weight is 509 g/mol. The zero-order valence-electron chi connectivity index (χ0n) is 19.6. The number of benzene rings is 4. The van der Waals surface area contributed by atoms with Crippen molar-refractivity contribution >= 4 is 58.1 Å². The third-order valence-corrected chi connectivity index (χ3v) is 8.66. The fourth-order valence-electron chi connectivity index (χ4n) is 4.72. The van der Waals surface area contributed by atoms with E-state index in [1.165, 1.54) is 0 Å². The molecule has 36 heavy (non-hydrogen) atoms. The maximum absolute atomic E-state index is 13.4. The van der Waals surface area contributed by atoms with E-state index in [1.54, 1.807) is 23.5 Å². The second-order valence-electron chi connectivity index (χ2n) is 8.74. The Morgan fingerprint density at radius 2 is 0.750 bits per heavy atom. The number of hydrogen-bond acceptors (Lipinski definition) is 4. The zero-order chi connectivity index (χ0) is 24.5. The highest BCUT2D eigenvalue weighted by molar-refractivity contribution is 8.00. The lowest BCUT2D eigenvalue weighted by Crippen LogP contribution is -2.29. The minimum absolute atomic E-state index is 0.0627. The van der Waals surface area contributed by atoms with Crippen LogP contribution in [-0.2, 0) is 9.59 Å². The van der Waals surface area contributed by atoms with Crippen LogP contribution in [0.4, 0.5) is 22.7 Å². The predicted molar refractivity (Wildman–Crippen MR) is 147 cm³/mol. The van der Waals surface area contributed by atoms with Gasteiger partial charge in [0.2, 0.25) is 11.8 Å². The van der Waals surface area contributed by atoms with Gasteiger partial charge in [-0.25, -0.2) is 0 Å². The standard InChI is InChI=1S/C30H24N2O2S2/c33-29(31-21-11-1-5-15-25(21)35-26-16-6-2-12-22(26)31)19-9-10-20-30(34)32-23-13-3-7-17-27(23)36-28-18-8-4-14-24(28)32/h1-8,11-18H,9-10,19-20H2. The first kappa shape index (κ1) is 23.0. The fourth-order valence-corrected chi connectivity index (χ4v) is 6.84. The number of carbonyl (C=O) groups is 2. The highest BCUT2D eigenvalue weighted by Crippen LogP contribution is 2.49. The van der Waals surface area contributed by atoms with E-state index in [-0.39, 0.29) is 11.8 Å². The number of hydrogen-bond donors (Lipinski definition) is 0. The van der Waals surface area contributed by atoms with Gasteiger partial charge in [0.15, 0.2) is 0 Å². The molecule has 0 saturated heterocycles. The van der Waals surface area contributed by atoms with Gasteiger partial charge in [-0.05, 0) is 61.4 Å². The Bertz CT molecular complexity index is 1270. The number of unbranched alkanes of at least 4 members (excludes halogenated alkanes) is 1. The summed E-state index contributed by atoms with van der Waals surface area (Å²) in [6, 6.07) is 32.1. The molecule has 6 heteroatoms. The summed E-state index contributed by atoms with van der Waals surface area (Å²) in [6.45, 7) is 0. The smallest absolute Gasteiger partial charge is 0.231 e. The van der Waals surface area contributed by atoms with Gasteiger partial charge in [-0.2, -0.15) is 0 Å². The van der Waals surface area contributed by atoms with Crippen molar-refractivity contribution in [1.82, 2.24) is 0 Å². The molecule has 0 radical (unpaired) electrons. The van der Waals surface area contributed by atoms with Crippen molar-refractivity contribution in [3.05, 3.63) is 97.1 Å². The van der Waals surface area contributed by atoms with E-state index >= 15 is 0 Å². The van der Waals surface area contributed by atoms with Crippen LogP contribution < -0.4 is 9.80 Å². The average Bonchev–Trinajstić information content (AvgIpc) is 2.92. The summed E-state index contributed by atoms with van der Waals surface area (Å²) in [4.78, 5) is 34.9. The Kier molecular flexibility index (Phi) is 6.30. The molecule has 0 aliphatic carbocycles. The quantitative estimate of drug-likeness (QED) is 0.255. The number of fused-ring (bicyclic) bond motifs is 4. The molecule has 0 saturated carbocycles. The van der Waals surface area contributed by atoms with Crippen LogP contribution in [0.25, 0.3) is 0 Å². The van der Waals surface area contributed by atoms with E-state index in [9.17, 15) is 9.59 Å². The molecule has 0 N–H and O–H groups in total. The number of para-hydroxylation sites is 4. The Morgan fingerprint density at radius 1 is 0.472 bits per heavy atom. The molecule has 0 aromatic heterocycles. The minimum atomic E-state index is 0.0627. The van der Waals surface area contributed by atoms with Crippen LogP contribution in [-0.4, -0.2) is 11.8 Å². The summed E-state index contributed by atoms with van der Waals surface area (Å²) in [5.41, 5.74) is 3.73. The Hall–Kier alpha value is -3.48. The monoisotopic (exact) mass is 508 g/mol. The molecule has 2 aliphatic rings. The number of carbonyl (C=O) groups excluding carboxylic acids is 2. The van der Waals surface area contributed by atoms with Gasteiger partial charge in [0.05, 0.1) is 22.7 Å². The van der Waals surface area contributed by atoms with Gasteiger partial charge in [0, 0.05) is 32.4 Å². The molecule has 178 valence electrons. The topological polar surface area (TPSA) is 40.6 Å². The van der Waals surface area contributed by atoms with E-state index < -0.39 is 0 Å². The van der Waals surface area contributed by atoms with Gasteiger partial charge in [-0.3, -0.25) is 19.4 Å². The van der Waals surface area contributed by atoms with Crippen molar-refractivity contribution in [2.24, 2.45) is 0 Å². The van der Waals surface area contributed by atoms with Crippen LogP contribution in [0, 0.1) is 0 Å². The lowest BCUT2D eigenvalue weighted by atomic mass is 10.1. The Morgan fingerprint density at radius 3 is 1.06 bits per heavy atom. The first-order chi connectivity index (χ1) is 17.7. The van der Waals surface area contributed by atoms with E-state index in [4.69, 9.17) is 0 Å². The highest BCUT2D eigenvalue weighted by atomic mass is 32.2. The zero-order valence-corrected chi connectivity index (χ0v) is 21.2. The molecule has 6 rings (SSSR count). The lowest BCUT2D eigenvalue weighted by molar-refractivity contribution is -0.119. The minimum Gasteiger partial charge on any atom is -0.279 e. The summed E-state index contributed by atoms with van der Waals surface area (Å²) < 4.78 is 0. The first-order valence-electron chi connectivity index (χ1n) is 12.1. The van der Waals surface area contributed by atoms with Gasteiger partial charge in [-0.15, -0.1) is 0 Å². The van der Waals surface area contributed by atoms with Crippen LogP contribution >= 0.6 is 23.5 Å². The van der Waals surface area contributed by atoms with E-state index in [0.29, 0.717) is 25.7 Å². The molecule has 0 fully saturated rings. The molecule has 0 atom stereocenters. The van der Waals surface area contributed by atoms with Crippen molar-refractivity contribution < 1.29 is 9.59 Å². The third-order valence-electron chi connectivity index (χ3n) is 6.39. The van der Waals surface area contributed by atoms with Crippen LogP contribution in [0.3, 0.4) is 0 Å². The van der Waals surface area contributed by atoms with Crippen molar-refractivity contribution in [1.29, 1.82) is 0 Å². The molecule has 0 unspecified atom stereocenters. The van der Waals surface area contributed by atoms with Gasteiger partial charge in [0.25, 0.3) is 0 Å². The number of rotatable bonds is 5. The molecule has 0 spiro atoms. The third kappa shape index (κ3) is 4.21. The fraction of sp³-hybridized carbons (Fsp3) is 0.133. The van der Waals surface area contributed by atoms with Gasteiger partial charge in [0.1, 0.15) is 0 Å². The van der Waals surface area contributed by atoms with Crippen molar-refractivity contribution in [3.63, 3.8) is 0 Å². The molecule has 4 aromatic rings. The molecule has 4 aromatic carbocycles. The van der Waals surface area contributed by atoms with Gasteiger partial charge < -0.3 is 0 Å². The second-order valence-corrected chi connectivity index (χ2v) is 10.9. The summed E-state index contributed by atoms with van der Waals surface area (Å²) in [6.07, 6.45) is 2.10. The van der Waals surface area contributed by atoms with Crippen LogP contribution in [0.15, 0.2) is 117 Å². The number of anilines is 4. The van der Waals surface area contributed by atoms with Crippen LogP contribution in [0.1, 0.15) is 25.7 Å². The number of amides is 2. The Balaban J connectivity index is 1.15. The summed E-state index contributed by atoms with van der Waals surface area (Å²) in [7, 11) is 0. The molecule has 4 nitrogen and oxygen atoms in total. The van der Waals surface area contributed by atoms with Gasteiger partial charge in [-0.1, -0.05) is 72.1 Å². The lowest BCUT2D eigenvalue weighted by Gasteiger charge is -2.31. The van der Waals surface area contributed by atoms with E-state index in [0.717, 1.165) is 42.3 Å². The molecular formula is C30H24N2O2S2.